The average Bonchev–Trinajstić information content (AvgIpc) is 3.10. The molecule has 170 valence electrons. The third-order valence-corrected chi connectivity index (χ3v) is 6.01. The van der Waals surface area contributed by atoms with Crippen LogP contribution in [0.3, 0.4) is 0 Å². The second kappa shape index (κ2) is 9.40. The molecular weight excluding hydrogens is 428 g/mol. The first-order chi connectivity index (χ1) is 15.8. The number of benzene rings is 3. The van der Waals surface area contributed by atoms with Gasteiger partial charge in [0.2, 0.25) is 0 Å². The molecule has 1 aliphatic rings. The highest BCUT2D eigenvalue weighted by atomic mass is 19.1. The predicted molar refractivity (Wildman–Crippen MR) is 119 cm³/mol. The Hall–Kier alpha value is -3.74. The molecule has 0 radical (unpaired) electrons. The van der Waals surface area contributed by atoms with Crippen molar-refractivity contribution in [2.75, 3.05) is 13.7 Å². The molecule has 0 unspecified atom stereocenters. The quantitative estimate of drug-likeness (QED) is 0.534. The van der Waals surface area contributed by atoms with Crippen molar-refractivity contribution in [1.82, 2.24) is 4.90 Å². The van der Waals surface area contributed by atoms with Crippen LogP contribution in [0.5, 0.6) is 0 Å². The lowest BCUT2D eigenvalue weighted by Crippen LogP contribution is -2.43. The number of hydrogen-bond acceptors (Lipinski definition) is 3. The first-order valence-corrected chi connectivity index (χ1v) is 10.6. The van der Waals surface area contributed by atoms with Gasteiger partial charge in [0.1, 0.15) is 24.3 Å². The van der Waals surface area contributed by atoms with Crippen LogP contribution in [-0.4, -0.2) is 41.8 Å². The van der Waals surface area contributed by atoms with E-state index in [9.17, 15) is 23.5 Å². The molecule has 1 aliphatic carbocycles. The number of likely N-dealkylation sites (N-methyl/N-ethyl adjacent to an activating group) is 1. The van der Waals surface area contributed by atoms with Gasteiger partial charge in [-0.2, -0.15) is 0 Å². The van der Waals surface area contributed by atoms with E-state index in [1.54, 1.807) is 0 Å². The summed E-state index contributed by atoms with van der Waals surface area (Å²) in [5, 5.41) is 9.62. The number of halogens is 2. The van der Waals surface area contributed by atoms with Crippen molar-refractivity contribution in [3.63, 3.8) is 0 Å². The molecule has 1 N–H and O–H groups in total. The molecule has 3 aromatic rings. The van der Waals surface area contributed by atoms with Crippen LogP contribution in [0.1, 0.15) is 29.0 Å². The first-order valence-electron chi connectivity index (χ1n) is 10.6. The van der Waals surface area contributed by atoms with Crippen LogP contribution < -0.4 is 0 Å². The van der Waals surface area contributed by atoms with Gasteiger partial charge in [-0.05, 0) is 52.8 Å². The largest absolute Gasteiger partial charge is 0.480 e. The molecule has 0 aromatic heterocycles. The van der Waals surface area contributed by atoms with E-state index in [1.807, 2.05) is 48.5 Å². The number of carbonyl (C=O) groups excluding carboxylic acids is 1. The van der Waals surface area contributed by atoms with Crippen molar-refractivity contribution in [2.24, 2.45) is 0 Å². The summed E-state index contributed by atoms with van der Waals surface area (Å²) >= 11 is 0. The van der Waals surface area contributed by atoms with Gasteiger partial charge in [0.25, 0.3) is 0 Å². The Bertz CT molecular complexity index is 1130. The number of aryl methyl sites for hydroxylation is 1. The monoisotopic (exact) mass is 451 g/mol. The first kappa shape index (κ1) is 22.5. The summed E-state index contributed by atoms with van der Waals surface area (Å²) in [5.41, 5.74) is 4.61. The number of aliphatic carboxylic acids is 1. The number of hydrogen-bond donors (Lipinski definition) is 1. The minimum Gasteiger partial charge on any atom is -0.480 e. The average molecular weight is 451 g/mol. The maximum Gasteiger partial charge on any atom is 0.410 e. The Morgan fingerprint density at radius 1 is 0.970 bits per heavy atom. The van der Waals surface area contributed by atoms with Gasteiger partial charge in [-0.25, -0.2) is 18.4 Å². The SMILES string of the molecule is CN(C(=O)OCC1c2ccccc2-c2ccccc21)[C@@H](CCc1cc(F)cc(F)c1)C(=O)O. The molecule has 0 fully saturated rings. The predicted octanol–water partition coefficient (Wildman–Crippen LogP) is 5.23. The van der Waals surface area contributed by atoms with E-state index in [2.05, 4.69) is 0 Å². The molecule has 3 aromatic carbocycles. The maximum absolute atomic E-state index is 13.4. The van der Waals surface area contributed by atoms with Crippen LogP contribution in [0.4, 0.5) is 13.6 Å². The van der Waals surface area contributed by atoms with E-state index in [4.69, 9.17) is 4.74 Å². The summed E-state index contributed by atoms with van der Waals surface area (Å²) in [4.78, 5) is 25.5. The van der Waals surface area contributed by atoms with E-state index in [1.165, 1.54) is 7.05 Å². The van der Waals surface area contributed by atoms with Gasteiger partial charge in [-0.1, -0.05) is 48.5 Å². The second-order valence-corrected chi connectivity index (χ2v) is 8.09. The Balaban J connectivity index is 1.43. The summed E-state index contributed by atoms with van der Waals surface area (Å²) < 4.78 is 32.4. The van der Waals surface area contributed by atoms with Crippen LogP contribution in [0, 0.1) is 11.6 Å². The van der Waals surface area contributed by atoms with Gasteiger partial charge >= 0.3 is 12.1 Å². The van der Waals surface area contributed by atoms with Gasteiger partial charge < -0.3 is 9.84 Å². The Labute approximate surface area is 190 Å². The van der Waals surface area contributed by atoms with Gasteiger partial charge in [-0.3, -0.25) is 4.90 Å². The summed E-state index contributed by atoms with van der Waals surface area (Å²) in [6.07, 6.45) is -0.694. The Morgan fingerprint density at radius 2 is 1.52 bits per heavy atom. The molecule has 1 atom stereocenters. The van der Waals surface area contributed by atoms with E-state index >= 15 is 0 Å². The summed E-state index contributed by atoms with van der Waals surface area (Å²) in [6, 6.07) is 17.7. The zero-order valence-corrected chi connectivity index (χ0v) is 18.0. The van der Waals surface area contributed by atoms with E-state index in [-0.39, 0.29) is 25.4 Å². The lowest BCUT2D eigenvalue weighted by atomic mass is 9.98. The molecule has 1 amide bonds. The van der Waals surface area contributed by atoms with Crippen molar-refractivity contribution in [3.05, 3.63) is 95.1 Å². The smallest absolute Gasteiger partial charge is 0.410 e. The van der Waals surface area contributed by atoms with Crippen molar-refractivity contribution in [2.45, 2.75) is 24.8 Å². The number of rotatable bonds is 7. The van der Waals surface area contributed by atoms with Crippen LogP contribution in [0.15, 0.2) is 66.7 Å². The van der Waals surface area contributed by atoms with Gasteiger partial charge in [-0.15, -0.1) is 0 Å². The summed E-state index contributed by atoms with van der Waals surface area (Å²) in [6.45, 7) is 0.0681. The number of fused-ring (bicyclic) bond motifs is 3. The van der Waals surface area contributed by atoms with Crippen LogP contribution >= 0.6 is 0 Å². The molecule has 0 bridgehead atoms. The highest BCUT2D eigenvalue weighted by Gasteiger charge is 2.31. The number of ether oxygens (including phenoxy) is 1. The third kappa shape index (κ3) is 4.72. The molecule has 0 saturated heterocycles. The fourth-order valence-corrected chi connectivity index (χ4v) is 4.36. The molecule has 4 rings (SSSR count). The topological polar surface area (TPSA) is 66.8 Å². The summed E-state index contributed by atoms with van der Waals surface area (Å²) in [7, 11) is 1.35. The number of carboxylic acid groups (broad SMARTS) is 1. The number of carbonyl (C=O) groups is 2. The van der Waals surface area contributed by atoms with Crippen LogP contribution in [0.25, 0.3) is 11.1 Å². The Kier molecular flexibility index (Phi) is 6.40. The molecular formula is C26H23F2NO4. The number of carboxylic acids is 1. The summed E-state index contributed by atoms with van der Waals surface area (Å²) in [5.74, 6) is -2.83. The molecule has 5 nitrogen and oxygen atoms in total. The molecule has 33 heavy (non-hydrogen) atoms. The van der Waals surface area contributed by atoms with Gasteiger partial charge in [0.05, 0.1) is 0 Å². The molecule has 0 aliphatic heterocycles. The van der Waals surface area contributed by atoms with Crippen LogP contribution in [-0.2, 0) is 16.0 Å². The highest BCUT2D eigenvalue weighted by molar-refractivity contribution is 5.81. The minimum absolute atomic E-state index is 0.0150. The number of amides is 1. The van der Waals surface area contributed by atoms with Gasteiger partial charge in [0.15, 0.2) is 0 Å². The highest BCUT2D eigenvalue weighted by Crippen LogP contribution is 2.44. The molecule has 0 saturated carbocycles. The van der Waals surface area contributed by atoms with Crippen LogP contribution in [0.2, 0.25) is 0 Å². The van der Waals surface area contributed by atoms with Crippen molar-refractivity contribution in [3.8, 4) is 11.1 Å². The molecule has 7 heteroatoms. The fraction of sp³-hybridized carbons (Fsp3) is 0.231. The molecule has 0 heterocycles. The lowest BCUT2D eigenvalue weighted by Gasteiger charge is -2.25. The second-order valence-electron chi connectivity index (χ2n) is 8.09. The Morgan fingerprint density at radius 3 is 2.06 bits per heavy atom. The zero-order chi connectivity index (χ0) is 23.5. The normalized spacial score (nSPS) is 13.2. The molecule has 0 spiro atoms. The minimum atomic E-state index is -1.22. The van der Waals surface area contributed by atoms with E-state index in [0.29, 0.717) is 5.56 Å². The fourth-order valence-electron chi connectivity index (χ4n) is 4.36. The number of nitrogens with zero attached hydrogens (tertiary/aromatic N) is 1. The standard InChI is InChI=1S/C26H23F2NO4/c1-29(24(25(30)31)11-10-16-12-17(27)14-18(28)13-16)26(32)33-15-23-21-8-4-2-6-19(21)20-7-3-5-9-22(20)23/h2-9,12-14,23-24H,10-11,15H2,1H3,(H,30,31)/t24-/m0/s1. The van der Waals surface area contributed by atoms with E-state index < -0.39 is 29.7 Å². The maximum atomic E-state index is 13.4. The van der Waals surface area contributed by atoms with Crippen molar-refractivity contribution >= 4 is 12.1 Å². The third-order valence-electron chi connectivity index (χ3n) is 6.01. The van der Waals surface area contributed by atoms with Crippen molar-refractivity contribution < 1.29 is 28.2 Å². The zero-order valence-electron chi connectivity index (χ0n) is 18.0. The van der Waals surface area contributed by atoms with E-state index in [0.717, 1.165) is 45.4 Å². The lowest BCUT2D eigenvalue weighted by molar-refractivity contribution is -0.142. The van der Waals surface area contributed by atoms with Crippen molar-refractivity contribution in [1.29, 1.82) is 0 Å². The van der Waals surface area contributed by atoms with Gasteiger partial charge in [0, 0.05) is 19.0 Å².